The molecular formula is C12H22N2O3. The van der Waals surface area contributed by atoms with Crippen LogP contribution >= 0.6 is 0 Å². The molecule has 5 heteroatoms. The third kappa shape index (κ3) is 5.06. The SMILES string of the molecule is CC(C)(C)NC(=O)OC1CCC(C(N)=O)CC1. The van der Waals surface area contributed by atoms with Crippen molar-refractivity contribution in [3.63, 3.8) is 0 Å². The van der Waals surface area contributed by atoms with Crippen molar-refractivity contribution in [2.45, 2.75) is 58.1 Å². The molecule has 17 heavy (non-hydrogen) atoms. The summed E-state index contributed by atoms with van der Waals surface area (Å²) in [5.41, 5.74) is 4.95. The molecule has 0 atom stereocenters. The predicted molar refractivity (Wildman–Crippen MR) is 64.3 cm³/mol. The van der Waals surface area contributed by atoms with E-state index in [0.29, 0.717) is 25.7 Å². The van der Waals surface area contributed by atoms with Crippen LogP contribution in [0.1, 0.15) is 46.5 Å². The lowest BCUT2D eigenvalue weighted by molar-refractivity contribution is -0.123. The largest absolute Gasteiger partial charge is 0.446 e. The van der Waals surface area contributed by atoms with Crippen molar-refractivity contribution < 1.29 is 14.3 Å². The van der Waals surface area contributed by atoms with Crippen molar-refractivity contribution in [2.24, 2.45) is 11.7 Å². The number of rotatable bonds is 2. The van der Waals surface area contributed by atoms with Crippen molar-refractivity contribution in [3.8, 4) is 0 Å². The Balaban J connectivity index is 2.31. The summed E-state index contributed by atoms with van der Waals surface area (Å²) in [5, 5.41) is 2.75. The van der Waals surface area contributed by atoms with E-state index in [4.69, 9.17) is 10.5 Å². The normalized spacial score (nSPS) is 25.1. The molecule has 0 spiro atoms. The highest BCUT2D eigenvalue weighted by molar-refractivity contribution is 5.76. The summed E-state index contributed by atoms with van der Waals surface area (Å²) in [6.45, 7) is 5.70. The lowest BCUT2D eigenvalue weighted by Gasteiger charge is -2.28. The Morgan fingerprint density at radius 2 is 1.71 bits per heavy atom. The smallest absolute Gasteiger partial charge is 0.407 e. The van der Waals surface area contributed by atoms with Gasteiger partial charge in [0, 0.05) is 11.5 Å². The number of primary amides is 1. The number of carbonyl (C=O) groups is 2. The molecule has 5 nitrogen and oxygen atoms in total. The average molecular weight is 242 g/mol. The summed E-state index contributed by atoms with van der Waals surface area (Å²) >= 11 is 0. The number of nitrogens with two attached hydrogens (primary N) is 1. The van der Waals surface area contributed by atoms with Crippen molar-refractivity contribution in [1.29, 1.82) is 0 Å². The second-order valence-corrected chi connectivity index (χ2v) is 5.66. The van der Waals surface area contributed by atoms with E-state index in [1.165, 1.54) is 0 Å². The van der Waals surface area contributed by atoms with Crippen molar-refractivity contribution >= 4 is 12.0 Å². The van der Waals surface area contributed by atoms with Gasteiger partial charge >= 0.3 is 6.09 Å². The zero-order valence-corrected chi connectivity index (χ0v) is 10.8. The number of ether oxygens (including phenoxy) is 1. The Morgan fingerprint density at radius 3 is 2.12 bits per heavy atom. The highest BCUT2D eigenvalue weighted by atomic mass is 16.6. The first-order valence-corrected chi connectivity index (χ1v) is 6.06. The minimum atomic E-state index is -0.389. The molecule has 3 N–H and O–H groups in total. The zero-order valence-electron chi connectivity index (χ0n) is 10.8. The topological polar surface area (TPSA) is 81.4 Å². The fraction of sp³-hybridized carbons (Fsp3) is 0.833. The highest BCUT2D eigenvalue weighted by Crippen LogP contribution is 2.26. The van der Waals surface area contributed by atoms with E-state index in [1.807, 2.05) is 20.8 Å². The maximum atomic E-state index is 11.5. The van der Waals surface area contributed by atoms with E-state index in [-0.39, 0.29) is 29.6 Å². The van der Waals surface area contributed by atoms with Crippen LogP contribution in [0.15, 0.2) is 0 Å². The van der Waals surface area contributed by atoms with E-state index in [1.54, 1.807) is 0 Å². The second kappa shape index (κ2) is 5.38. The maximum Gasteiger partial charge on any atom is 0.407 e. The molecule has 0 aromatic heterocycles. The summed E-state index contributed by atoms with van der Waals surface area (Å²) in [4.78, 5) is 22.5. The molecule has 0 heterocycles. The summed E-state index contributed by atoms with van der Waals surface area (Å²) in [6, 6.07) is 0. The van der Waals surface area contributed by atoms with Gasteiger partial charge in [0.05, 0.1) is 0 Å². The first-order valence-electron chi connectivity index (χ1n) is 6.06. The molecule has 98 valence electrons. The van der Waals surface area contributed by atoms with Crippen molar-refractivity contribution in [2.75, 3.05) is 0 Å². The highest BCUT2D eigenvalue weighted by Gasteiger charge is 2.27. The molecule has 0 aliphatic heterocycles. The fourth-order valence-electron chi connectivity index (χ4n) is 1.95. The van der Waals surface area contributed by atoms with Crippen LogP contribution < -0.4 is 11.1 Å². The van der Waals surface area contributed by atoms with Gasteiger partial charge in [-0.3, -0.25) is 4.79 Å². The van der Waals surface area contributed by atoms with Crippen LogP contribution in [0.25, 0.3) is 0 Å². The Bertz CT molecular complexity index is 289. The number of carbonyl (C=O) groups excluding carboxylic acids is 2. The summed E-state index contributed by atoms with van der Waals surface area (Å²) < 4.78 is 5.29. The molecule has 1 aliphatic carbocycles. The zero-order chi connectivity index (χ0) is 13.1. The first kappa shape index (κ1) is 13.8. The minimum Gasteiger partial charge on any atom is -0.446 e. The fourth-order valence-corrected chi connectivity index (χ4v) is 1.95. The van der Waals surface area contributed by atoms with E-state index >= 15 is 0 Å². The summed E-state index contributed by atoms with van der Waals surface area (Å²) in [7, 11) is 0. The quantitative estimate of drug-likeness (QED) is 0.771. The van der Waals surface area contributed by atoms with Gasteiger partial charge in [-0.05, 0) is 46.5 Å². The number of hydrogen-bond acceptors (Lipinski definition) is 3. The number of alkyl carbamates (subject to hydrolysis) is 1. The molecule has 1 aliphatic rings. The van der Waals surface area contributed by atoms with Gasteiger partial charge in [0.15, 0.2) is 0 Å². The molecule has 1 fully saturated rings. The van der Waals surface area contributed by atoms with Gasteiger partial charge in [-0.25, -0.2) is 4.79 Å². The van der Waals surface area contributed by atoms with Crippen LogP contribution in [0, 0.1) is 5.92 Å². The van der Waals surface area contributed by atoms with E-state index < -0.39 is 0 Å². The summed E-state index contributed by atoms with van der Waals surface area (Å²) in [5.74, 6) is -0.303. The third-order valence-corrected chi connectivity index (χ3v) is 2.83. The summed E-state index contributed by atoms with van der Waals surface area (Å²) in [6.07, 6.45) is 2.37. The van der Waals surface area contributed by atoms with E-state index in [0.717, 1.165) is 0 Å². The van der Waals surface area contributed by atoms with Gasteiger partial charge in [-0.2, -0.15) is 0 Å². The standard InChI is InChI=1S/C12H22N2O3/c1-12(2,3)14-11(16)17-9-6-4-8(5-7-9)10(13)15/h8-9H,4-7H2,1-3H3,(H2,13,15)(H,14,16). The molecule has 0 radical (unpaired) electrons. The monoisotopic (exact) mass is 242 g/mol. The van der Waals surface area contributed by atoms with E-state index in [9.17, 15) is 9.59 Å². The molecule has 1 saturated carbocycles. The lowest BCUT2D eigenvalue weighted by Crippen LogP contribution is -2.43. The molecule has 1 rings (SSSR count). The van der Waals surface area contributed by atoms with Gasteiger partial charge in [-0.15, -0.1) is 0 Å². The molecule has 0 unspecified atom stereocenters. The third-order valence-electron chi connectivity index (χ3n) is 2.83. The van der Waals surface area contributed by atoms with Crippen LogP contribution in [-0.2, 0) is 9.53 Å². The number of hydrogen-bond donors (Lipinski definition) is 2. The minimum absolute atomic E-state index is 0.0551. The van der Waals surface area contributed by atoms with Crippen molar-refractivity contribution in [3.05, 3.63) is 0 Å². The van der Waals surface area contributed by atoms with E-state index in [2.05, 4.69) is 5.32 Å². The maximum absolute atomic E-state index is 11.5. The van der Waals surface area contributed by atoms with Gasteiger partial charge in [-0.1, -0.05) is 0 Å². The van der Waals surface area contributed by atoms with Gasteiger partial charge in [0.1, 0.15) is 6.10 Å². The Hall–Kier alpha value is -1.26. The van der Waals surface area contributed by atoms with Crippen molar-refractivity contribution in [1.82, 2.24) is 5.32 Å². The average Bonchev–Trinajstić information content (AvgIpc) is 2.15. The van der Waals surface area contributed by atoms with Crippen LogP contribution in [0.2, 0.25) is 0 Å². The molecule has 0 aromatic rings. The van der Waals surface area contributed by atoms with Gasteiger partial charge in [0.2, 0.25) is 5.91 Å². The van der Waals surface area contributed by atoms with Gasteiger partial charge < -0.3 is 15.8 Å². The lowest BCUT2D eigenvalue weighted by atomic mass is 9.87. The molecule has 0 saturated heterocycles. The molecule has 2 amide bonds. The Morgan fingerprint density at radius 1 is 1.18 bits per heavy atom. The van der Waals surface area contributed by atoms with Crippen LogP contribution in [0.3, 0.4) is 0 Å². The second-order valence-electron chi connectivity index (χ2n) is 5.66. The predicted octanol–water partition coefficient (Wildman–Crippen LogP) is 1.56. The van der Waals surface area contributed by atoms with Crippen LogP contribution in [0.4, 0.5) is 4.79 Å². The number of nitrogens with one attached hydrogen (secondary N) is 1. The first-order chi connectivity index (χ1) is 7.78. The Labute approximate surface area is 102 Å². The van der Waals surface area contributed by atoms with Gasteiger partial charge in [0.25, 0.3) is 0 Å². The molecule has 0 bridgehead atoms. The van der Waals surface area contributed by atoms with Crippen LogP contribution in [-0.4, -0.2) is 23.6 Å². The molecular weight excluding hydrogens is 220 g/mol. The Kier molecular flexibility index (Phi) is 4.37. The number of amides is 2. The molecule has 0 aromatic carbocycles. The van der Waals surface area contributed by atoms with Crippen LogP contribution in [0.5, 0.6) is 0 Å².